The van der Waals surface area contributed by atoms with Crippen LogP contribution in [0.5, 0.6) is 11.5 Å². The molecule has 17 nitrogen and oxygen atoms in total. The molecule has 2 aromatic carbocycles. The number of phenols is 1. The van der Waals surface area contributed by atoms with Gasteiger partial charge in [0.15, 0.2) is 12.4 Å². The predicted octanol–water partition coefficient (Wildman–Crippen LogP) is 6.58. The molecule has 0 saturated carbocycles. The molecule has 0 radical (unpaired) electrons. The summed E-state index contributed by atoms with van der Waals surface area (Å²) in [5.41, 5.74) is 3.55. The summed E-state index contributed by atoms with van der Waals surface area (Å²) in [6.45, 7) is 11.7. The van der Waals surface area contributed by atoms with Crippen molar-refractivity contribution in [2.45, 2.75) is 89.7 Å². The molecule has 2 saturated heterocycles. The van der Waals surface area contributed by atoms with Gasteiger partial charge in [-0.05, 0) is 67.8 Å². The first-order valence-corrected chi connectivity index (χ1v) is 24.1. The zero-order chi connectivity index (χ0) is 52.4. The second-order valence-electron chi connectivity index (χ2n) is 16.6. The number of piperidine rings is 1. The van der Waals surface area contributed by atoms with Crippen molar-refractivity contribution in [3.8, 4) is 11.5 Å². The number of alkyl halides is 6. The van der Waals surface area contributed by atoms with Crippen LogP contribution < -0.4 is 15.4 Å². The van der Waals surface area contributed by atoms with Gasteiger partial charge in [-0.3, -0.25) is 19.3 Å². The van der Waals surface area contributed by atoms with E-state index in [4.69, 9.17) is 45.6 Å². The lowest BCUT2D eigenvalue weighted by Gasteiger charge is -2.47. The van der Waals surface area contributed by atoms with E-state index in [0.717, 1.165) is 78.5 Å². The molecule has 2 fully saturated rings. The number of aryl methyl sites for hydroxylation is 1. The van der Waals surface area contributed by atoms with Crippen molar-refractivity contribution in [3.05, 3.63) is 68.1 Å². The zero-order valence-electron chi connectivity index (χ0n) is 39.3. The number of rotatable bonds is 19. The number of thiazole rings is 1. The van der Waals surface area contributed by atoms with E-state index in [1.54, 1.807) is 23.5 Å². The van der Waals surface area contributed by atoms with Gasteiger partial charge < -0.3 is 50.0 Å². The molecule has 3 amide bonds. The van der Waals surface area contributed by atoms with Crippen molar-refractivity contribution in [2.24, 2.45) is 0 Å². The van der Waals surface area contributed by atoms with E-state index >= 15 is 0 Å². The van der Waals surface area contributed by atoms with Crippen molar-refractivity contribution in [1.29, 1.82) is 0 Å². The van der Waals surface area contributed by atoms with Gasteiger partial charge in [0, 0.05) is 56.2 Å². The highest BCUT2D eigenvalue weighted by Gasteiger charge is 2.42. The average Bonchev–Trinajstić information content (AvgIpc) is 3.81. The number of benzene rings is 2. The fourth-order valence-electron chi connectivity index (χ4n) is 7.65. The molecule has 0 bridgehead atoms. The molecule has 5 N–H and O–H groups in total. The van der Waals surface area contributed by atoms with Gasteiger partial charge in [0.25, 0.3) is 11.8 Å². The van der Waals surface area contributed by atoms with Crippen LogP contribution in [0.25, 0.3) is 0 Å². The van der Waals surface area contributed by atoms with Crippen LogP contribution in [0.1, 0.15) is 78.1 Å². The third-order valence-corrected chi connectivity index (χ3v) is 13.0. The van der Waals surface area contributed by atoms with E-state index in [1.807, 2.05) is 27.3 Å². The maximum absolute atomic E-state index is 13.2. The number of hydrogen-bond donors (Lipinski definition) is 5. The number of phenolic OH excluding ortho intramolecular Hbond substituents is 1. The first-order valence-electron chi connectivity index (χ1n) is 22.9. The van der Waals surface area contributed by atoms with Gasteiger partial charge >= 0.3 is 24.3 Å². The second kappa shape index (κ2) is 27.5. The molecular formula is C46H59ClF6N6O11S. The number of unbranched alkanes of at least 4 members (excludes halogenated alkanes) is 1. The Hall–Kier alpha value is -5.27. The Morgan fingerprint density at radius 3 is 2.25 bits per heavy atom. The third kappa shape index (κ3) is 18.4. The van der Waals surface area contributed by atoms with Gasteiger partial charge in [0.1, 0.15) is 17.1 Å². The summed E-state index contributed by atoms with van der Waals surface area (Å²) in [7, 11) is 0. The second-order valence-corrected chi connectivity index (χ2v) is 18.0. The number of hydrogen-bond acceptors (Lipinski definition) is 13. The minimum atomic E-state index is -5.08. The van der Waals surface area contributed by atoms with Gasteiger partial charge in [-0.25, -0.2) is 14.6 Å². The number of nitrogens with one attached hydrogen (secondary N) is 2. The number of ether oxygens (including phenoxy) is 3. The lowest BCUT2D eigenvalue weighted by atomic mass is 9.89. The van der Waals surface area contributed by atoms with E-state index < -0.39 is 24.3 Å². The Morgan fingerprint density at radius 1 is 0.944 bits per heavy atom. The zero-order valence-corrected chi connectivity index (χ0v) is 40.8. The number of nitrogens with zero attached hydrogens (tertiary/aromatic N) is 4. The molecule has 4 heterocycles. The number of amides is 3. The number of carbonyl (C=O) groups is 5. The van der Waals surface area contributed by atoms with Crippen LogP contribution in [-0.4, -0.2) is 161 Å². The normalized spacial score (nSPS) is 15.6. The third-order valence-electron chi connectivity index (χ3n) is 11.5. The molecule has 6 rings (SSSR count). The summed E-state index contributed by atoms with van der Waals surface area (Å²) < 4.78 is 81.3. The molecular weight excluding hydrogens is 994 g/mol. The Labute approximate surface area is 415 Å². The van der Waals surface area contributed by atoms with Gasteiger partial charge in [-0.1, -0.05) is 56.1 Å². The summed E-state index contributed by atoms with van der Waals surface area (Å²) >= 11 is 8.49. The maximum Gasteiger partial charge on any atom is 0.490 e. The molecule has 0 atom stereocenters. The van der Waals surface area contributed by atoms with E-state index in [9.17, 15) is 45.8 Å². The Morgan fingerprint density at radius 2 is 1.62 bits per heavy atom. The van der Waals surface area contributed by atoms with Gasteiger partial charge in [0.2, 0.25) is 5.91 Å². The molecule has 3 aliphatic rings. The number of carboxylic acids is 2. The Kier molecular flexibility index (Phi) is 22.6. The minimum absolute atomic E-state index is 0.00214. The fraction of sp³-hybridized carbons (Fsp3) is 0.565. The standard InChI is InChI=1S/C42H57ClN6O7S.2C2HF3O2/c1-3-5-18-48(21-17-44-16-11-31-9-10-34(50)39-40(31)55-27-35(51)46-39)37(52)13-24-54-23-12-30-7-6-8-32(38(30)43)26-47-19-14-42(15-20-47)29-49(22-25-56-42)41(53)33-28-57-36(4-2)45-33;2*3-2(4,5)1(6)7/h6-10,28,44,50H,3-5,11-27,29H2,1-2H3,(H,46,51);2*(H,6,7). The van der Waals surface area contributed by atoms with Crippen LogP contribution in [0.4, 0.5) is 32.0 Å². The monoisotopic (exact) mass is 1050 g/mol. The van der Waals surface area contributed by atoms with E-state index in [2.05, 4.69) is 40.4 Å². The summed E-state index contributed by atoms with van der Waals surface area (Å²) in [4.78, 5) is 66.6. The molecule has 394 valence electrons. The highest BCUT2D eigenvalue weighted by Crippen LogP contribution is 2.39. The van der Waals surface area contributed by atoms with Crippen LogP contribution in [-0.2, 0) is 54.5 Å². The van der Waals surface area contributed by atoms with Crippen molar-refractivity contribution >= 4 is 58.3 Å². The smallest absolute Gasteiger partial charge is 0.490 e. The largest absolute Gasteiger partial charge is 0.506 e. The number of halogens is 7. The SMILES string of the molecule is CCCCN(CCNCCc1ccc(O)c2c1OCC(=O)N2)C(=O)CCOCCc1cccc(CN2CCC3(CC2)CN(C(=O)c2csc(CC)n2)CCO3)c1Cl.O=C(O)C(F)(F)F.O=C(O)C(F)(F)F. The van der Waals surface area contributed by atoms with Crippen molar-refractivity contribution in [3.63, 3.8) is 0 Å². The molecule has 0 unspecified atom stereocenters. The fourth-order valence-corrected chi connectivity index (χ4v) is 8.65. The molecule has 0 aliphatic carbocycles. The summed E-state index contributed by atoms with van der Waals surface area (Å²) in [5.74, 6) is -5.23. The quantitative estimate of drug-likeness (QED) is 0.0487. The summed E-state index contributed by atoms with van der Waals surface area (Å²) in [6, 6.07) is 9.54. The van der Waals surface area contributed by atoms with Gasteiger partial charge in [-0.15, -0.1) is 11.3 Å². The minimum Gasteiger partial charge on any atom is -0.506 e. The molecule has 1 aromatic heterocycles. The van der Waals surface area contributed by atoms with Crippen LogP contribution in [0.2, 0.25) is 5.02 Å². The highest BCUT2D eigenvalue weighted by molar-refractivity contribution is 7.09. The number of morpholine rings is 1. The van der Waals surface area contributed by atoms with Crippen LogP contribution in [0.3, 0.4) is 0 Å². The summed E-state index contributed by atoms with van der Waals surface area (Å²) in [6.07, 6.45) is -4.07. The molecule has 3 aliphatic heterocycles. The summed E-state index contributed by atoms with van der Waals surface area (Å²) in [5, 5.41) is 34.1. The number of anilines is 1. The average molecular weight is 1050 g/mol. The van der Waals surface area contributed by atoms with Crippen LogP contribution >= 0.6 is 22.9 Å². The number of carbonyl (C=O) groups excluding carboxylic acids is 3. The molecule has 3 aromatic rings. The van der Waals surface area contributed by atoms with E-state index in [1.165, 1.54) is 0 Å². The number of carboxylic acid groups (broad SMARTS) is 2. The molecule has 25 heteroatoms. The first kappa shape index (κ1) is 58.3. The van der Waals surface area contributed by atoms with Crippen molar-refractivity contribution in [2.75, 3.05) is 84.1 Å². The van der Waals surface area contributed by atoms with E-state index in [-0.39, 0.29) is 35.7 Å². The lowest BCUT2D eigenvalue weighted by molar-refractivity contribution is -0.193. The predicted molar refractivity (Wildman–Crippen MR) is 249 cm³/mol. The van der Waals surface area contributed by atoms with Crippen LogP contribution in [0, 0.1) is 0 Å². The van der Waals surface area contributed by atoms with Crippen molar-refractivity contribution in [1.82, 2.24) is 25.0 Å². The Bertz CT molecular complexity index is 2240. The van der Waals surface area contributed by atoms with Gasteiger partial charge in [0.05, 0.1) is 43.4 Å². The number of aromatic hydroxyl groups is 1. The Balaban J connectivity index is 0.000000683. The lowest BCUT2D eigenvalue weighted by Crippen LogP contribution is -2.58. The first-order chi connectivity index (χ1) is 33.6. The molecule has 1 spiro atoms. The van der Waals surface area contributed by atoms with Crippen molar-refractivity contribution < 1.29 is 79.8 Å². The maximum atomic E-state index is 13.2. The number of fused-ring (bicyclic) bond motifs is 1. The highest BCUT2D eigenvalue weighted by atomic mass is 35.5. The van der Waals surface area contributed by atoms with Gasteiger partial charge in [-0.2, -0.15) is 26.3 Å². The number of aliphatic carboxylic acids is 2. The number of aromatic nitrogens is 1. The topological polar surface area (TPSA) is 220 Å². The van der Waals surface area contributed by atoms with E-state index in [0.29, 0.717) is 95.5 Å². The molecule has 71 heavy (non-hydrogen) atoms. The number of likely N-dealkylation sites (tertiary alicyclic amines) is 1. The van der Waals surface area contributed by atoms with Crippen LogP contribution in [0.15, 0.2) is 35.7 Å².